The predicted molar refractivity (Wildman–Crippen MR) is 127 cm³/mol. The Hall–Kier alpha value is -1.52. The Morgan fingerprint density at radius 2 is 2.23 bits per heavy atom. The maximum absolute atomic E-state index is 13.4. The van der Waals surface area contributed by atoms with Crippen molar-refractivity contribution < 1.29 is 13.2 Å². The number of rotatable bonds is 9. The molecule has 0 saturated heterocycles. The van der Waals surface area contributed by atoms with E-state index in [0.717, 1.165) is 38.7 Å². The highest BCUT2D eigenvalue weighted by molar-refractivity contribution is 8.19. The van der Waals surface area contributed by atoms with Crippen molar-refractivity contribution in [2.45, 2.75) is 19.2 Å². The number of H-pyrrole nitrogens is 1. The number of fused-ring (bicyclic) bond motifs is 1. The fourth-order valence-corrected chi connectivity index (χ4v) is 7.33. The summed E-state index contributed by atoms with van der Waals surface area (Å²) in [5.41, 5.74) is 2.22. The van der Waals surface area contributed by atoms with E-state index >= 15 is 0 Å². The molecule has 0 radical (unpaired) electrons. The van der Waals surface area contributed by atoms with E-state index in [1.54, 1.807) is 12.3 Å². The lowest BCUT2D eigenvalue weighted by Gasteiger charge is -2.25. The third-order valence-electron chi connectivity index (χ3n) is 4.68. The number of hydrogen-bond donors (Lipinski definition) is 1. The summed E-state index contributed by atoms with van der Waals surface area (Å²) in [6.45, 7) is 3.00. The minimum Gasteiger partial charge on any atom is -0.380 e. The molecule has 160 valence electrons. The molecule has 30 heavy (non-hydrogen) atoms. The zero-order valence-corrected chi connectivity index (χ0v) is 19.6. The number of nitrogens with zero attached hydrogens (tertiary/aromatic N) is 2. The molecule has 0 aliphatic carbocycles. The number of sulfonamides is 1. The van der Waals surface area contributed by atoms with Gasteiger partial charge < -0.3 is 9.72 Å². The van der Waals surface area contributed by atoms with Crippen LogP contribution in [0.1, 0.15) is 18.2 Å². The van der Waals surface area contributed by atoms with Gasteiger partial charge in [-0.05, 0) is 25.5 Å². The van der Waals surface area contributed by atoms with Gasteiger partial charge in [-0.25, -0.2) is 13.4 Å². The molecule has 1 N–H and O–H groups in total. The summed E-state index contributed by atoms with van der Waals surface area (Å²) in [6, 6.07) is 7.66. The molecule has 1 aromatic carbocycles. The largest absolute Gasteiger partial charge is 0.380 e. The highest BCUT2D eigenvalue weighted by Crippen LogP contribution is 2.38. The Labute approximate surface area is 189 Å². The molecule has 0 bridgehead atoms. The number of benzene rings is 1. The van der Waals surface area contributed by atoms with Crippen LogP contribution in [-0.2, 0) is 20.6 Å². The Morgan fingerprint density at radius 1 is 1.37 bits per heavy atom. The molecular formula is C20H22ClN3O3S3. The number of halogens is 1. The van der Waals surface area contributed by atoms with Gasteiger partial charge >= 0.3 is 0 Å². The molecule has 0 amide bonds. The molecule has 3 aromatic rings. The number of aromatic nitrogens is 2. The highest BCUT2D eigenvalue weighted by atomic mass is 35.5. The van der Waals surface area contributed by atoms with E-state index in [2.05, 4.69) is 9.97 Å². The van der Waals surface area contributed by atoms with Gasteiger partial charge in [-0.2, -0.15) is 0 Å². The second-order valence-corrected chi connectivity index (χ2v) is 11.2. The number of thiazole rings is 1. The molecule has 6 nitrogen and oxygen atoms in total. The molecule has 0 fully saturated rings. The number of aromatic amines is 1. The van der Waals surface area contributed by atoms with Crippen LogP contribution in [0.2, 0.25) is 0 Å². The van der Waals surface area contributed by atoms with Crippen molar-refractivity contribution in [1.82, 2.24) is 9.97 Å². The molecule has 4 rings (SSSR count). The highest BCUT2D eigenvalue weighted by Gasteiger charge is 2.30. The molecule has 0 atom stereocenters. The smallest absolute Gasteiger partial charge is 0.270 e. The number of alkyl halides is 1. The van der Waals surface area contributed by atoms with Crippen molar-refractivity contribution in [1.29, 1.82) is 0 Å². The summed E-state index contributed by atoms with van der Waals surface area (Å²) in [5.74, 6) is 1.21. The van der Waals surface area contributed by atoms with Crippen LogP contribution in [0.25, 0.3) is 21.6 Å². The number of ether oxygens (including phenoxy) is 1. The number of allylic oxidation sites excluding steroid dienone is 1. The molecule has 0 unspecified atom stereocenters. The standard InChI is InChI=1S/C20H22ClN3O3S3/c1-2-27-9-8-24(30(25,26)18-7-4-10-28-18)17-6-3-5-14-11-16(23-19(14)17)20-22-13-15(12-21)29-20/h3,5-7,11,13,23H,2,4,8-10,12H2,1H3. The maximum atomic E-state index is 13.4. The summed E-state index contributed by atoms with van der Waals surface area (Å²) >= 11 is 8.82. The third-order valence-corrected chi connectivity index (χ3v) is 9.67. The number of anilines is 1. The van der Waals surface area contributed by atoms with E-state index in [4.69, 9.17) is 16.3 Å². The van der Waals surface area contributed by atoms with Gasteiger partial charge in [0.15, 0.2) is 0 Å². The molecule has 0 spiro atoms. The van der Waals surface area contributed by atoms with Crippen molar-refractivity contribution in [2.24, 2.45) is 0 Å². The van der Waals surface area contributed by atoms with Crippen molar-refractivity contribution >= 4 is 61.3 Å². The quantitative estimate of drug-likeness (QED) is 0.335. The summed E-state index contributed by atoms with van der Waals surface area (Å²) in [5, 5.41) is 1.75. The lowest BCUT2D eigenvalue weighted by molar-refractivity contribution is 0.156. The first-order valence-corrected chi connectivity index (χ1v) is 13.4. The zero-order chi connectivity index (χ0) is 21.1. The van der Waals surface area contributed by atoms with E-state index in [-0.39, 0.29) is 6.54 Å². The van der Waals surface area contributed by atoms with Gasteiger partial charge in [0.2, 0.25) is 0 Å². The fourth-order valence-electron chi connectivity index (χ4n) is 3.30. The minimum absolute atomic E-state index is 0.245. The predicted octanol–water partition coefficient (Wildman–Crippen LogP) is 5.18. The Balaban J connectivity index is 1.78. The topological polar surface area (TPSA) is 75.3 Å². The van der Waals surface area contributed by atoms with Crippen LogP contribution in [0.5, 0.6) is 0 Å². The maximum Gasteiger partial charge on any atom is 0.270 e. The monoisotopic (exact) mass is 483 g/mol. The number of thioether (sulfide) groups is 1. The number of hydrogen-bond acceptors (Lipinski definition) is 6. The van der Waals surface area contributed by atoms with Crippen LogP contribution < -0.4 is 4.31 Å². The van der Waals surface area contributed by atoms with Crippen LogP contribution in [0.4, 0.5) is 5.69 Å². The molecular weight excluding hydrogens is 462 g/mol. The van der Waals surface area contributed by atoms with Gasteiger partial charge in [0.05, 0.1) is 35.9 Å². The first-order chi connectivity index (χ1) is 14.5. The lowest BCUT2D eigenvalue weighted by Crippen LogP contribution is -2.34. The van der Waals surface area contributed by atoms with Gasteiger partial charge in [-0.3, -0.25) is 4.31 Å². The third kappa shape index (κ3) is 4.27. The van der Waals surface area contributed by atoms with E-state index < -0.39 is 10.0 Å². The second-order valence-electron chi connectivity index (χ2n) is 6.62. The summed E-state index contributed by atoms with van der Waals surface area (Å²) in [6.07, 6.45) is 4.33. The van der Waals surface area contributed by atoms with Crippen LogP contribution in [0.3, 0.4) is 0 Å². The average Bonchev–Trinajstić information content (AvgIpc) is 3.50. The van der Waals surface area contributed by atoms with E-state index in [0.29, 0.717) is 29.0 Å². The number of para-hydroxylation sites is 1. The second kappa shape index (κ2) is 9.32. The van der Waals surface area contributed by atoms with Crippen LogP contribution in [-0.4, -0.2) is 43.9 Å². The van der Waals surface area contributed by atoms with Crippen molar-refractivity contribution in [3.05, 3.63) is 45.7 Å². The van der Waals surface area contributed by atoms with E-state index in [1.807, 2.05) is 31.2 Å². The van der Waals surface area contributed by atoms with Crippen molar-refractivity contribution in [2.75, 3.05) is 29.8 Å². The van der Waals surface area contributed by atoms with Gasteiger partial charge in [-0.15, -0.1) is 34.7 Å². The summed E-state index contributed by atoms with van der Waals surface area (Å²) in [4.78, 5) is 8.80. The van der Waals surface area contributed by atoms with Crippen molar-refractivity contribution in [3.63, 3.8) is 0 Å². The molecule has 0 saturated carbocycles. The van der Waals surface area contributed by atoms with Gasteiger partial charge in [0.25, 0.3) is 10.0 Å². The Morgan fingerprint density at radius 3 is 2.93 bits per heavy atom. The first kappa shape index (κ1) is 21.7. The lowest BCUT2D eigenvalue weighted by atomic mass is 10.2. The average molecular weight is 484 g/mol. The minimum atomic E-state index is -3.65. The molecule has 1 aliphatic heterocycles. The van der Waals surface area contributed by atoms with Crippen LogP contribution in [0.15, 0.2) is 40.8 Å². The van der Waals surface area contributed by atoms with Gasteiger partial charge in [0, 0.05) is 28.8 Å². The normalized spacial score (nSPS) is 14.4. The fraction of sp³-hybridized carbons (Fsp3) is 0.350. The molecule has 3 heterocycles. The van der Waals surface area contributed by atoms with Crippen LogP contribution >= 0.6 is 34.7 Å². The molecule has 10 heteroatoms. The zero-order valence-electron chi connectivity index (χ0n) is 16.4. The Kier molecular flexibility index (Phi) is 6.74. The van der Waals surface area contributed by atoms with Gasteiger partial charge in [0.1, 0.15) is 9.24 Å². The van der Waals surface area contributed by atoms with E-state index in [9.17, 15) is 8.42 Å². The van der Waals surface area contributed by atoms with Crippen LogP contribution in [0, 0.1) is 0 Å². The first-order valence-electron chi connectivity index (χ1n) is 9.60. The van der Waals surface area contributed by atoms with Crippen molar-refractivity contribution in [3.8, 4) is 10.7 Å². The number of nitrogens with one attached hydrogen (secondary N) is 1. The van der Waals surface area contributed by atoms with E-state index in [1.165, 1.54) is 27.4 Å². The SMILES string of the molecule is CCOCCN(c1cccc2cc(-c3ncc(CCl)s3)[nH]c12)S(=O)(=O)C1=CCCS1. The summed E-state index contributed by atoms with van der Waals surface area (Å²) < 4.78 is 34.2. The Bertz CT molecular complexity index is 1170. The molecule has 1 aliphatic rings. The molecule has 2 aromatic heterocycles. The van der Waals surface area contributed by atoms with Gasteiger partial charge in [-0.1, -0.05) is 18.2 Å². The summed E-state index contributed by atoms with van der Waals surface area (Å²) in [7, 11) is -3.65.